The van der Waals surface area contributed by atoms with Crippen LogP contribution in [-0.2, 0) is 4.79 Å². The van der Waals surface area contributed by atoms with Crippen LogP contribution in [0.2, 0.25) is 0 Å². The molecule has 0 aromatic heterocycles. The average molecular weight is 272 g/mol. The summed E-state index contributed by atoms with van der Waals surface area (Å²) in [4.78, 5) is 12.5. The van der Waals surface area contributed by atoms with E-state index in [4.69, 9.17) is 0 Å². The molecule has 2 N–H and O–H groups in total. The van der Waals surface area contributed by atoms with Gasteiger partial charge in [-0.3, -0.25) is 4.79 Å². The Morgan fingerprint density at radius 1 is 1.20 bits per heavy atom. The van der Waals surface area contributed by atoms with E-state index in [1.165, 1.54) is 25.7 Å². The molecule has 0 radical (unpaired) electrons. The number of carbonyl (C=O) groups excluding carboxylic acids is 1. The third-order valence-electron chi connectivity index (χ3n) is 5.08. The van der Waals surface area contributed by atoms with Gasteiger partial charge in [0.05, 0.1) is 0 Å². The summed E-state index contributed by atoms with van der Waals surface area (Å²) in [5.41, 5.74) is 2.12. The molecule has 20 heavy (non-hydrogen) atoms. The topological polar surface area (TPSA) is 41.1 Å². The first-order valence-corrected chi connectivity index (χ1v) is 7.79. The van der Waals surface area contributed by atoms with Gasteiger partial charge in [-0.1, -0.05) is 31.0 Å². The number of hydrogen-bond acceptors (Lipinski definition) is 2. The summed E-state index contributed by atoms with van der Waals surface area (Å²) < 4.78 is 0. The Kier molecular flexibility index (Phi) is 3.79. The summed E-state index contributed by atoms with van der Waals surface area (Å²) in [5, 5.41) is 6.40. The molecule has 3 rings (SSSR count). The lowest BCUT2D eigenvalue weighted by Crippen LogP contribution is -2.19. The highest BCUT2D eigenvalue weighted by Gasteiger charge is 2.54. The zero-order chi connectivity index (χ0) is 14.1. The van der Waals surface area contributed by atoms with Crippen LogP contribution in [0, 0.1) is 17.8 Å². The minimum absolute atomic E-state index is 0.234. The number of fused-ring (bicyclic) bond motifs is 1. The molecule has 2 fully saturated rings. The van der Waals surface area contributed by atoms with Gasteiger partial charge >= 0.3 is 0 Å². The molecule has 2 aliphatic carbocycles. The van der Waals surface area contributed by atoms with Gasteiger partial charge in [0.25, 0.3) is 0 Å². The lowest BCUT2D eigenvalue weighted by Gasteiger charge is -2.16. The Morgan fingerprint density at radius 3 is 2.50 bits per heavy atom. The third-order valence-corrected chi connectivity index (χ3v) is 5.08. The smallest absolute Gasteiger partial charge is 0.228 e. The predicted octanol–water partition coefficient (Wildman–Crippen LogP) is 3.34. The highest BCUT2D eigenvalue weighted by Crippen LogP contribution is 2.55. The van der Waals surface area contributed by atoms with E-state index in [0.717, 1.165) is 11.3 Å². The predicted molar refractivity (Wildman–Crippen MR) is 81.5 cm³/mol. The summed E-state index contributed by atoms with van der Waals surface area (Å²) in [5.74, 6) is 1.84. The second kappa shape index (κ2) is 5.57. The summed E-state index contributed by atoms with van der Waals surface area (Å²) in [6, 6.07) is 8.34. The van der Waals surface area contributed by atoms with E-state index in [9.17, 15) is 4.79 Å². The zero-order valence-corrected chi connectivity index (χ0v) is 12.4. The maximum absolute atomic E-state index is 12.5. The number of benzene rings is 1. The van der Waals surface area contributed by atoms with Crippen LogP contribution in [0.1, 0.15) is 44.2 Å². The molecule has 3 unspecified atom stereocenters. The maximum Gasteiger partial charge on any atom is 0.228 e. The average Bonchev–Trinajstić information content (AvgIpc) is 3.21. The van der Waals surface area contributed by atoms with Crippen molar-refractivity contribution in [3.63, 3.8) is 0 Å². The number of carbonyl (C=O) groups is 1. The molecule has 2 aliphatic rings. The zero-order valence-electron chi connectivity index (χ0n) is 12.4. The molecule has 0 saturated heterocycles. The van der Waals surface area contributed by atoms with Crippen molar-refractivity contribution in [1.82, 2.24) is 5.32 Å². The molecule has 3 nitrogen and oxygen atoms in total. The SMILES string of the molecule is CNC(C)c1ccccc1NC(=O)C1C2CCCCC21. The number of para-hydroxylation sites is 1. The van der Waals surface area contributed by atoms with E-state index < -0.39 is 0 Å². The molecule has 1 aromatic rings. The van der Waals surface area contributed by atoms with Gasteiger partial charge in [-0.2, -0.15) is 0 Å². The van der Waals surface area contributed by atoms with Gasteiger partial charge in [-0.25, -0.2) is 0 Å². The highest BCUT2D eigenvalue weighted by molar-refractivity contribution is 5.95. The van der Waals surface area contributed by atoms with Crippen molar-refractivity contribution in [2.75, 3.05) is 12.4 Å². The van der Waals surface area contributed by atoms with Gasteiger partial charge in [-0.15, -0.1) is 0 Å². The van der Waals surface area contributed by atoms with Crippen molar-refractivity contribution in [3.8, 4) is 0 Å². The van der Waals surface area contributed by atoms with E-state index in [1.54, 1.807) is 0 Å². The molecule has 0 spiro atoms. The van der Waals surface area contributed by atoms with E-state index in [0.29, 0.717) is 11.8 Å². The van der Waals surface area contributed by atoms with Gasteiger partial charge in [0.2, 0.25) is 5.91 Å². The normalized spacial score (nSPS) is 29.4. The van der Waals surface area contributed by atoms with E-state index in [2.05, 4.69) is 23.6 Å². The van der Waals surface area contributed by atoms with Crippen LogP contribution in [0.3, 0.4) is 0 Å². The monoisotopic (exact) mass is 272 g/mol. The Hall–Kier alpha value is -1.35. The van der Waals surface area contributed by atoms with Crippen LogP contribution in [0.4, 0.5) is 5.69 Å². The largest absolute Gasteiger partial charge is 0.326 e. The number of anilines is 1. The molecular weight excluding hydrogens is 248 g/mol. The van der Waals surface area contributed by atoms with Gasteiger partial charge in [0, 0.05) is 17.6 Å². The molecule has 0 bridgehead atoms. The van der Waals surface area contributed by atoms with E-state index >= 15 is 0 Å². The summed E-state index contributed by atoms with van der Waals surface area (Å²) >= 11 is 0. The van der Waals surface area contributed by atoms with Crippen LogP contribution in [-0.4, -0.2) is 13.0 Å². The lowest BCUT2D eigenvalue weighted by molar-refractivity contribution is -0.117. The minimum Gasteiger partial charge on any atom is -0.326 e. The van der Waals surface area contributed by atoms with Crippen LogP contribution in [0.5, 0.6) is 0 Å². The van der Waals surface area contributed by atoms with Crippen molar-refractivity contribution in [3.05, 3.63) is 29.8 Å². The second-order valence-corrected chi connectivity index (χ2v) is 6.22. The van der Waals surface area contributed by atoms with Crippen LogP contribution in [0.15, 0.2) is 24.3 Å². The molecule has 1 aromatic carbocycles. The maximum atomic E-state index is 12.5. The number of nitrogens with one attached hydrogen (secondary N) is 2. The number of rotatable bonds is 4. The molecule has 2 saturated carbocycles. The molecule has 0 heterocycles. The Labute approximate surface area is 121 Å². The fourth-order valence-corrected chi connectivity index (χ4v) is 3.74. The van der Waals surface area contributed by atoms with Crippen molar-refractivity contribution >= 4 is 11.6 Å². The van der Waals surface area contributed by atoms with Crippen LogP contribution >= 0.6 is 0 Å². The summed E-state index contributed by atoms with van der Waals surface area (Å²) in [7, 11) is 1.94. The first-order chi connectivity index (χ1) is 9.72. The van der Waals surface area contributed by atoms with Gasteiger partial charge < -0.3 is 10.6 Å². The lowest BCUT2D eigenvalue weighted by atomic mass is 10.0. The first-order valence-electron chi connectivity index (χ1n) is 7.79. The van der Waals surface area contributed by atoms with Crippen molar-refractivity contribution in [2.24, 2.45) is 17.8 Å². The standard InChI is InChI=1S/C17H24N2O/c1-11(18-2)12-7-5-6-10-15(12)19-17(20)16-13-8-3-4-9-14(13)16/h5-7,10-11,13-14,16,18H,3-4,8-9H2,1-2H3,(H,19,20). The highest BCUT2D eigenvalue weighted by atomic mass is 16.2. The van der Waals surface area contributed by atoms with Crippen molar-refractivity contribution < 1.29 is 4.79 Å². The van der Waals surface area contributed by atoms with Gasteiger partial charge in [0.1, 0.15) is 0 Å². The third kappa shape index (κ3) is 2.47. The minimum atomic E-state index is 0.234. The summed E-state index contributed by atoms with van der Waals surface area (Å²) in [6.45, 7) is 2.11. The van der Waals surface area contributed by atoms with Gasteiger partial charge in [0.15, 0.2) is 0 Å². The Balaban J connectivity index is 1.70. The molecular formula is C17H24N2O. The van der Waals surface area contributed by atoms with Crippen LogP contribution in [0.25, 0.3) is 0 Å². The fourth-order valence-electron chi connectivity index (χ4n) is 3.74. The fraction of sp³-hybridized carbons (Fsp3) is 0.588. The molecule has 0 aliphatic heterocycles. The van der Waals surface area contributed by atoms with E-state index in [-0.39, 0.29) is 17.9 Å². The molecule has 1 amide bonds. The molecule has 3 heteroatoms. The molecule has 108 valence electrons. The quantitative estimate of drug-likeness (QED) is 0.882. The van der Waals surface area contributed by atoms with Crippen LogP contribution < -0.4 is 10.6 Å². The number of amides is 1. The summed E-state index contributed by atoms with van der Waals surface area (Å²) in [6.07, 6.45) is 5.10. The van der Waals surface area contributed by atoms with Crippen molar-refractivity contribution in [2.45, 2.75) is 38.6 Å². The Morgan fingerprint density at radius 2 is 1.85 bits per heavy atom. The van der Waals surface area contributed by atoms with E-state index in [1.807, 2.05) is 25.2 Å². The Bertz CT molecular complexity index is 488. The van der Waals surface area contributed by atoms with Crippen molar-refractivity contribution in [1.29, 1.82) is 0 Å². The number of hydrogen-bond donors (Lipinski definition) is 2. The second-order valence-electron chi connectivity index (χ2n) is 6.22. The van der Waals surface area contributed by atoms with Gasteiger partial charge in [-0.05, 0) is 50.3 Å². The first kappa shape index (κ1) is 13.6. The molecule has 3 atom stereocenters.